The van der Waals surface area contributed by atoms with Gasteiger partial charge in [-0.3, -0.25) is 0 Å². The maximum absolute atomic E-state index is 8.95. The highest BCUT2D eigenvalue weighted by molar-refractivity contribution is 6.45. The van der Waals surface area contributed by atoms with E-state index < -0.39 is 7.12 Å². The minimum atomic E-state index is -0.509. The van der Waals surface area contributed by atoms with Crippen molar-refractivity contribution in [3.63, 3.8) is 0 Å². The molecule has 0 amide bonds. The lowest BCUT2D eigenvalue weighted by molar-refractivity contribution is 0.280. The second-order valence-electron chi connectivity index (χ2n) is 2.56. The minimum Gasteiger partial charge on any atom is -0.427 e. The Morgan fingerprint density at radius 2 is 2.25 bits per heavy atom. The van der Waals surface area contributed by atoms with Crippen molar-refractivity contribution in [2.75, 3.05) is 6.61 Å². The van der Waals surface area contributed by atoms with Crippen LogP contribution in [0.3, 0.4) is 0 Å². The molecular weight excluding hydrogens is 103 g/mol. The summed E-state index contributed by atoms with van der Waals surface area (Å²) in [4.78, 5) is 0. The van der Waals surface area contributed by atoms with Crippen LogP contribution < -0.4 is 0 Å². The molecule has 0 bridgehead atoms. The van der Waals surface area contributed by atoms with Crippen molar-refractivity contribution in [3.05, 3.63) is 0 Å². The molecule has 1 saturated heterocycles. The van der Waals surface area contributed by atoms with Crippen LogP contribution in [-0.2, 0) is 4.65 Å². The van der Waals surface area contributed by atoms with E-state index in [1.807, 2.05) is 6.92 Å². The number of hydrogen-bond acceptors (Lipinski definition) is 2. The molecule has 0 aliphatic carbocycles. The SMILES string of the molecule is CC1COB(O)C1C. The van der Waals surface area contributed by atoms with Crippen molar-refractivity contribution >= 4 is 7.12 Å². The molecule has 1 rings (SSSR count). The van der Waals surface area contributed by atoms with E-state index in [0.717, 1.165) is 0 Å². The molecule has 1 fully saturated rings. The van der Waals surface area contributed by atoms with Gasteiger partial charge in [0, 0.05) is 6.61 Å². The topological polar surface area (TPSA) is 29.5 Å². The van der Waals surface area contributed by atoms with Gasteiger partial charge in [0.2, 0.25) is 0 Å². The average molecular weight is 114 g/mol. The van der Waals surface area contributed by atoms with Crippen LogP contribution in [0.15, 0.2) is 0 Å². The Kier molecular flexibility index (Phi) is 1.58. The Balaban J connectivity index is 2.44. The summed E-state index contributed by atoms with van der Waals surface area (Å²) < 4.78 is 4.93. The van der Waals surface area contributed by atoms with E-state index in [0.29, 0.717) is 18.3 Å². The second-order valence-corrected chi connectivity index (χ2v) is 2.56. The van der Waals surface area contributed by atoms with Gasteiger partial charge >= 0.3 is 7.12 Å². The molecule has 1 aliphatic rings. The normalized spacial score (nSPS) is 38.6. The summed E-state index contributed by atoms with van der Waals surface area (Å²) in [6.07, 6.45) is 0. The van der Waals surface area contributed by atoms with E-state index in [1.165, 1.54) is 0 Å². The monoisotopic (exact) mass is 114 g/mol. The van der Waals surface area contributed by atoms with Gasteiger partial charge in [-0.2, -0.15) is 0 Å². The van der Waals surface area contributed by atoms with Crippen LogP contribution in [0, 0.1) is 5.92 Å². The van der Waals surface area contributed by atoms with Gasteiger partial charge in [0.1, 0.15) is 0 Å². The maximum Gasteiger partial charge on any atom is 0.457 e. The first-order chi connectivity index (χ1) is 3.72. The highest BCUT2D eigenvalue weighted by atomic mass is 16.5. The molecule has 2 atom stereocenters. The zero-order valence-electron chi connectivity index (χ0n) is 5.29. The predicted octanol–water partition coefficient (Wildman–Crippen LogP) is 0.523. The standard InChI is InChI=1S/C5H11BO2/c1-4-3-8-6(7)5(4)2/h4-5,7H,3H2,1-2H3. The summed E-state index contributed by atoms with van der Waals surface area (Å²) in [5.74, 6) is 0.833. The molecule has 1 heterocycles. The Bertz CT molecular complexity index is 76.5. The Morgan fingerprint density at radius 1 is 1.62 bits per heavy atom. The average Bonchev–Trinajstić information content (AvgIpc) is 1.98. The minimum absolute atomic E-state index is 0.315. The molecule has 0 aromatic carbocycles. The summed E-state index contributed by atoms with van der Waals surface area (Å²) >= 11 is 0. The summed E-state index contributed by atoms with van der Waals surface area (Å²) in [5, 5.41) is 8.95. The van der Waals surface area contributed by atoms with Crippen LogP contribution in [0.1, 0.15) is 13.8 Å². The first-order valence-electron chi connectivity index (χ1n) is 3.01. The predicted molar refractivity (Wildman–Crippen MR) is 32.5 cm³/mol. The quantitative estimate of drug-likeness (QED) is 0.465. The molecular formula is C5H11BO2. The van der Waals surface area contributed by atoms with Crippen molar-refractivity contribution < 1.29 is 9.68 Å². The van der Waals surface area contributed by atoms with Gasteiger partial charge in [0.05, 0.1) is 0 Å². The van der Waals surface area contributed by atoms with E-state index >= 15 is 0 Å². The molecule has 1 aliphatic heterocycles. The number of rotatable bonds is 0. The van der Waals surface area contributed by atoms with Crippen molar-refractivity contribution in [2.24, 2.45) is 5.92 Å². The van der Waals surface area contributed by atoms with Gasteiger partial charge in [-0.1, -0.05) is 13.8 Å². The molecule has 0 aromatic heterocycles. The number of hydrogen-bond donors (Lipinski definition) is 1. The van der Waals surface area contributed by atoms with Crippen LogP contribution in [0.5, 0.6) is 0 Å². The largest absolute Gasteiger partial charge is 0.457 e. The Morgan fingerprint density at radius 3 is 2.38 bits per heavy atom. The van der Waals surface area contributed by atoms with Crippen LogP contribution in [-0.4, -0.2) is 18.7 Å². The fraction of sp³-hybridized carbons (Fsp3) is 1.00. The van der Waals surface area contributed by atoms with Crippen LogP contribution >= 0.6 is 0 Å². The fourth-order valence-corrected chi connectivity index (χ4v) is 0.835. The lowest BCUT2D eigenvalue weighted by Gasteiger charge is -2.03. The molecule has 2 nitrogen and oxygen atoms in total. The van der Waals surface area contributed by atoms with E-state index in [9.17, 15) is 0 Å². The van der Waals surface area contributed by atoms with Crippen molar-refractivity contribution in [1.82, 2.24) is 0 Å². The fourth-order valence-electron chi connectivity index (χ4n) is 0.835. The third-order valence-corrected chi connectivity index (χ3v) is 1.88. The van der Waals surface area contributed by atoms with E-state index in [1.54, 1.807) is 0 Å². The summed E-state index contributed by atoms with van der Waals surface area (Å²) in [6, 6.07) is 0. The van der Waals surface area contributed by atoms with E-state index in [2.05, 4.69) is 6.92 Å². The molecule has 0 spiro atoms. The smallest absolute Gasteiger partial charge is 0.427 e. The molecule has 0 radical (unpaired) electrons. The van der Waals surface area contributed by atoms with Crippen LogP contribution in [0.4, 0.5) is 0 Å². The summed E-state index contributed by atoms with van der Waals surface area (Å²) in [7, 11) is -0.509. The summed E-state index contributed by atoms with van der Waals surface area (Å²) in [5.41, 5.74) is 0. The highest BCUT2D eigenvalue weighted by Crippen LogP contribution is 2.26. The Hall–Kier alpha value is -0.0151. The van der Waals surface area contributed by atoms with Gasteiger partial charge in [-0.25, -0.2) is 0 Å². The van der Waals surface area contributed by atoms with Gasteiger partial charge in [0.15, 0.2) is 0 Å². The third-order valence-electron chi connectivity index (χ3n) is 1.88. The summed E-state index contributed by atoms with van der Waals surface area (Å²) in [6.45, 7) is 4.80. The lowest BCUT2D eigenvalue weighted by atomic mass is 9.71. The molecule has 1 N–H and O–H groups in total. The van der Waals surface area contributed by atoms with E-state index in [-0.39, 0.29) is 0 Å². The second kappa shape index (κ2) is 2.07. The van der Waals surface area contributed by atoms with Crippen molar-refractivity contribution in [3.8, 4) is 0 Å². The third kappa shape index (κ3) is 0.882. The first-order valence-corrected chi connectivity index (χ1v) is 3.01. The van der Waals surface area contributed by atoms with E-state index in [4.69, 9.17) is 9.68 Å². The molecule has 0 saturated carbocycles. The van der Waals surface area contributed by atoms with Gasteiger partial charge < -0.3 is 9.68 Å². The highest BCUT2D eigenvalue weighted by Gasteiger charge is 2.34. The molecule has 46 valence electrons. The van der Waals surface area contributed by atoms with Crippen molar-refractivity contribution in [2.45, 2.75) is 19.7 Å². The van der Waals surface area contributed by atoms with Gasteiger partial charge in [-0.15, -0.1) is 0 Å². The van der Waals surface area contributed by atoms with Gasteiger partial charge in [-0.05, 0) is 11.7 Å². The zero-order chi connectivity index (χ0) is 6.15. The zero-order valence-corrected chi connectivity index (χ0v) is 5.29. The van der Waals surface area contributed by atoms with Gasteiger partial charge in [0.25, 0.3) is 0 Å². The Labute approximate surface area is 50.0 Å². The van der Waals surface area contributed by atoms with Crippen molar-refractivity contribution in [1.29, 1.82) is 0 Å². The van der Waals surface area contributed by atoms with Crippen LogP contribution in [0.2, 0.25) is 5.82 Å². The van der Waals surface area contributed by atoms with Crippen LogP contribution in [0.25, 0.3) is 0 Å². The molecule has 8 heavy (non-hydrogen) atoms. The molecule has 0 aromatic rings. The molecule has 3 heteroatoms. The first kappa shape index (κ1) is 6.11. The molecule has 2 unspecified atom stereocenters. The maximum atomic E-state index is 8.95. The lowest BCUT2D eigenvalue weighted by Crippen LogP contribution is -2.15.